The van der Waals surface area contributed by atoms with Gasteiger partial charge >= 0.3 is 0 Å². The lowest BCUT2D eigenvalue weighted by Gasteiger charge is -2.41. The number of hydrogen-bond donors (Lipinski definition) is 0. The first-order chi connectivity index (χ1) is 5.80. The maximum absolute atomic E-state index is 2.89. The van der Waals surface area contributed by atoms with Gasteiger partial charge in [-0.15, -0.1) is 0 Å². The van der Waals surface area contributed by atoms with Crippen LogP contribution in [0.2, 0.25) is 6.55 Å². The van der Waals surface area contributed by atoms with E-state index in [0.717, 1.165) is 0 Å². The van der Waals surface area contributed by atoms with Gasteiger partial charge in [0.05, 0.1) is 9.68 Å². The summed E-state index contributed by atoms with van der Waals surface area (Å²) in [5.74, 6) is 0. The Hall–Kier alpha value is 0.531. The van der Waals surface area contributed by atoms with E-state index in [1.807, 2.05) is 0 Å². The highest BCUT2D eigenvalue weighted by molar-refractivity contribution is 6.63. The minimum Gasteiger partial charge on any atom is -0.359 e. The van der Waals surface area contributed by atoms with Gasteiger partial charge in [0.25, 0.3) is 0 Å². The van der Waals surface area contributed by atoms with Crippen molar-refractivity contribution in [2.24, 2.45) is 0 Å². The van der Waals surface area contributed by atoms with E-state index in [1.54, 1.807) is 0 Å². The van der Waals surface area contributed by atoms with Crippen LogP contribution in [0, 0.1) is 0 Å². The molecule has 1 aliphatic heterocycles. The summed E-state index contributed by atoms with van der Waals surface area (Å²) in [6.07, 6.45) is 0. The third-order valence-corrected chi connectivity index (χ3v) is 11.4. The average molecular weight is 220 g/mol. The molecule has 0 amide bonds. The van der Waals surface area contributed by atoms with Crippen molar-refractivity contribution in [2.75, 3.05) is 19.8 Å². The summed E-state index contributed by atoms with van der Waals surface area (Å²) in [7, 11) is 0.247. The number of rotatable bonds is 3. The third kappa shape index (κ3) is 2.79. The topological polar surface area (TPSA) is 9.72 Å². The van der Waals surface area contributed by atoms with E-state index < -0.39 is 0 Å². The Morgan fingerprint density at radius 3 is 2.00 bits per heavy atom. The molecule has 0 atom stereocenters. The van der Waals surface area contributed by atoms with Crippen LogP contribution in [0.15, 0.2) is 0 Å². The predicted octanol–water partition coefficient (Wildman–Crippen LogP) is -1.97. The highest BCUT2D eigenvalue weighted by Gasteiger charge is 2.20. The van der Waals surface area contributed by atoms with Gasteiger partial charge in [-0.3, -0.25) is 0 Å². The largest absolute Gasteiger partial charge is 0.359 e. The van der Waals surface area contributed by atoms with Crippen LogP contribution in [0.1, 0.15) is 13.8 Å². The van der Waals surface area contributed by atoms with E-state index in [9.17, 15) is 0 Å². The lowest BCUT2D eigenvalue weighted by Crippen LogP contribution is -2.59. The van der Waals surface area contributed by atoms with E-state index in [-0.39, 0.29) is 29.4 Å². The molecule has 0 N–H and O–H groups in total. The van der Waals surface area contributed by atoms with E-state index in [1.165, 1.54) is 19.8 Å². The Morgan fingerprint density at radius 1 is 1.17 bits per heavy atom. The SMILES string of the molecule is CCN1CN(CC)[SiH2]N([SiH2]C)[SiH2]1. The maximum Gasteiger partial charge on any atom is 0.160 e. The monoisotopic (exact) mass is 219 g/mol. The molecule has 0 spiro atoms. The minimum atomic E-state index is 0.0437. The van der Waals surface area contributed by atoms with Crippen LogP contribution in [0.5, 0.6) is 0 Å². The molecule has 1 fully saturated rings. The second-order valence-electron chi connectivity index (χ2n) is 3.39. The molecule has 0 radical (unpaired) electrons. The lowest BCUT2D eigenvalue weighted by atomic mass is 10.7. The lowest BCUT2D eigenvalue weighted by molar-refractivity contribution is 0.285. The van der Waals surface area contributed by atoms with Gasteiger partial charge in [-0.05, 0) is 13.1 Å². The van der Waals surface area contributed by atoms with Crippen molar-refractivity contribution in [1.82, 2.24) is 13.0 Å². The number of nitrogens with zero attached hydrogens (tertiary/aromatic N) is 3. The van der Waals surface area contributed by atoms with Gasteiger partial charge < -0.3 is 13.0 Å². The molecule has 3 nitrogen and oxygen atoms in total. The molecule has 0 bridgehead atoms. The average Bonchev–Trinajstić information content (AvgIpc) is 2.16. The van der Waals surface area contributed by atoms with Crippen molar-refractivity contribution in [2.45, 2.75) is 20.4 Å². The predicted molar refractivity (Wildman–Crippen MR) is 63.0 cm³/mol. The van der Waals surface area contributed by atoms with Gasteiger partial charge in [-0.1, -0.05) is 20.4 Å². The van der Waals surface area contributed by atoms with E-state index >= 15 is 0 Å². The van der Waals surface area contributed by atoms with Crippen molar-refractivity contribution in [3.63, 3.8) is 0 Å². The van der Waals surface area contributed by atoms with Crippen LogP contribution in [-0.4, -0.2) is 62.2 Å². The summed E-state index contributed by atoms with van der Waals surface area (Å²) in [6, 6.07) is 0. The molecule has 0 aliphatic carbocycles. The van der Waals surface area contributed by atoms with Crippen LogP contribution < -0.4 is 0 Å². The molecule has 0 unspecified atom stereocenters. The zero-order valence-corrected chi connectivity index (χ0v) is 12.8. The van der Waals surface area contributed by atoms with Crippen molar-refractivity contribution in [1.29, 1.82) is 0 Å². The Kier molecular flexibility index (Phi) is 4.69. The molecule has 12 heavy (non-hydrogen) atoms. The van der Waals surface area contributed by atoms with Crippen LogP contribution >= 0.6 is 0 Å². The van der Waals surface area contributed by atoms with Gasteiger partial charge in [0, 0.05) is 6.67 Å². The quantitative estimate of drug-likeness (QED) is 0.510. The van der Waals surface area contributed by atoms with Crippen LogP contribution in [-0.2, 0) is 0 Å². The fraction of sp³-hybridized carbons (Fsp3) is 1.00. The summed E-state index contributed by atoms with van der Waals surface area (Å²) in [4.78, 5) is 0. The van der Waals surface area contributed by atoms with Crippen molar-refractivity contribution >= 4 is 29.4 Å². The molecule has 1 heterocycles. The Labute approximate surface area is 83.0 Å². The molecular weight excluding hydrogens is 198 g/mol. The molecule has 6 heteroatoms. The summed E-state index contributed by atoms with van der Waals surface area (Å²) >= 11 is 0. The molecular formula is C6H21N3Si3. The molecule has 1 rings (SSSR count). The zero-order valence-electron chi connectivity index (χ0n) is 8.58. The summed E-state index contributed by atoms with van der Waals surface area (Å²) < 4.78 is 8.24. The van der Waals surface area contributed by atoms with Crippen LogP contribution in [0.4, 0.5) is 0 Å². The fourth-order valence-electron chi connectivity index (χ4n) is 1.58. The van der Waals surface area contributed by atoms with Crippen molar-refractivity contribution < 1.29 is 0 Å². The Balaban J connectivity index is 2.41. The zero-order chi connectivity index (χ0) is 8.97. The smallest absolute Gasteiger partial charge is 0.160 e. The molecule has 0 aromatic heterocycles. The third-order valence-electron chi connectivity index (χ3n) is 2.54. The van der Waals surface area contributed by atoms with E-state index in [4.69, 9.17) is 0 Å². The summed E-state index contributed by atoms with van der Waals surface area (Å²) in [6.45, 7) is 10.8. The van der Waals surface area contributed by atoms with Crippen molar-refractivity contribution in [3.8, 4) is 0 Å². The van der Waals surface area contributed by atoms with E-state index in [0.29, 0.717) is 0 Å². The Bertz CT molecular complexity index is 105. The highest BCUT2D eigenvalue weighted by atomic mass is 28.4. The van der Waals surface area contributed by atoms with Gasteiger partial charge in [0.1, 0.15) is 0 Å². The van der Waals surface area contributed by atoms with E-state index in [2.05, 4.69) is 33.4 Å². The second kappa shape index (κ2) is 5.30. The molecule has 72 valence electrons. The minimum absolute atomic E-state index is 0.0437. The van der Waals surface area contributed by atoms with Crippen LogP contribution in [0.3, 0.4) is 0 Å². The Morgan fingerprint density at radius 2 is 1.67 bits per heavy atom. The van der Waals surface area contributed by atoms with Gasteiger partial charge in [-0.2, -0.15) is 0 Å². The molecule has 1 saturated heterocycles. The first kappa shape index (κ1) is 10.6. The van der Waals surface area contributed by atoms with Gasteiger partial charge in [0.15, 0.2) is 19.7 Å². The molecule has 0 aromatic carbocycles. The fourth-order valence-corrected chi connectivity index (χ4v) is 9.49. The number of hydrogen-bond acceptors (Lipinski definition) is 3. The second-order valence-corrected chi connectivity index (χ2v) is 11.7. The first-order valence-corrected chi connectivity index (χ1v) is 9.54. The molecule has 0 aromatic rings. The summed E-state index contributed by atoms with van der Waals surface area (Å²) in [5.41, 5.74) is 0. The highest BCUT2D eigenvalue weighted by Crippen LogP contribution is 2.00. The molecule has 0 saturated carbocycles. The van der Waals surface area contributed by atoms with Crippen LogP contribution in [0.25, 0.3) is 0 Å². The normalized spacial score (nSPS) is 28.2. The summed E-state index contributed by atoms with van der Waals surface area (Å²) in [5, 5.41) is 0. The van der Waals surface area contributed by atoms with Crippen molar-refractivity contribution in [3.05, 3.63) is 0 Å². The molecule has 1 aliphatic rings. The first-order valence-electron chi connectivity index (χ1n) is 4.97. The standard InChI is InChI=1S/C6H21N3Si3/c1-4-7-6-8(5-2)12-9(10-3)11-7/h4-6,10-12H2,1-3H3. The van der Waals surface area contributed by atoms with Gasteiger partial charge in [-0.25, -0.2) is 0 Å². The maximum atomic E-state index is 2.89. The van der Waals surface area contributed by atoms with Gasteiger partial charge in [0.2, 0.25) is 0 Å².